The zero-order valence-corrected chi connectivity index (χ0v) is 25.6. The highest BCUT2D eigenvalue weighted by Crippen LogP contribution is 2.29. The first-order valence-corrected chi connectivity index (χ1v) is 15.2. The number of anilines is 1. The minimum atomic E-state index is -0.531. The number of likely N-dealkylation sites (tertiary alicyclic amines) is 1. The lowest BCUT2D eigenvalue weighted by atomic mass is 9.95. The summed E-state index contributed by atoms with van der Waals surface area (Å²) in [6, 6.07) is 14.5. The summed E-state index contributed by atoms with van der Waals surface area (Å²) >= 11 is 0. The number of hydrogen-bond donors (Lipinski definition) is 0. The Hall–Kier alpha value is -2.97. The number of ether oxygens (including phenoxy) is 2. The molecule has 0 spiro atoms. The van der Waals surface area contributed by atoms with Crippen LogP contribution in [0.1, 0.15) is 75.7 Å². The number of rotatable bonds is 10. The molecule has 0 radical (unpaired) electrons. The van der Waals surface area contributed by atoms with E-state index in [-0.39, 0.29) is 18.1 Å². The normalized spacial score (nSPS) is 18.6. The van der Waals surface area contributed by atoms with E-state index in [1.807, 2.05) is 39.0 Å². The van der Waals surface area contributed by atoms with Gasteiger partial charge in [-0.2, -0.15) is 0 Å². The van der Waals surface area contributed by atoms with E-state index >= 15 is 0 Å². The van der Waals surface area contributed by atoms with Gasteiger partial charge < -0.3 is 14.4 Å². The summed E-state index contributed by atoms with van der Waals surface area (Å²) in [6.07, 6.45) is 6.20. The van der Waals surface area contributed by atoms with Crippen LogP contribution in [0.5, 0.6) is 0 Å². The topological polar surface area (TPSA) is 75.2 Å². The van der Waals surface area contributed by atoms with Crippen molar-refractivity contribution in [3.63, 3.8) is 0 Å². The molecule has 8 nitrogen and oxygen atoms in total. The second-order valence-corrected chi connectivity index (χ2v) is 12.6. The van der Waals surface area contributed by atoms with Crippen LogP contribution in [0.25, 0.3) is 0 Å². The second-order valence-electron chi connectivity index (χ2n) is 12.6. The van der Waals surface area contributed by atoms with Gasteiger partial charge in [-0.05, 0) is 103 Å². The number of methoxy groups -OCH3 is 1. The Bertz CT molecular complexity index is 1150. The quantitative estimate of drug-likeness (QED) is 0.345. The number of benzene rings is 1. The number of aromatic nitrogens is 1. The lowest BCUT2D eigenvalue weighted by Gasteiger charge is -2.37. The number of fused-ring (bicyclic) bond motifs is 1. The average Bonchev–Trinajstić information content (AvgIpc) is 2.95. The van der Waals surface area contributed by atoms with Crippen LogP contribution in [0.4, 0.5) is 10.6 Å². The van der Waals surface area contributed by atoms with Crippen LogP contribution in [0.3, 0.4) is 0 Å². The zero-order valence-electron chi connectivity index (χ0n) is 25.6. The number of hydrogen-bond acceptors (Lipinski definition) is 7. The summed E-state index contributed by atoms with van der Waals surface area (Å²) in [4.78, 5) is 36.6. The van der Waals surface area contributed by atoms with Gasteiger partial charge in [-0.15, -0.1) is 0 Å². The molecule has 4 rings (SSSR count). The smallest absolute Gasteiger partial charge is 0.416 e. The van der Waals surface area contributed by atoms with E-state index in [2.05, 4.69) is 41.1 Å². The molecular formula is C33H48N4O4. The first kappa shape index (κ1) is 31.0. The Morgan fingerprint density at radius 1 is 1.10 bits per heavy atom. The molecule has 2 aliphatic heterocycles. The number of pyridine rings is 1. The summed E-state index contributed by atoms with van der Waals surface area (Å²) in [5.41, 5.74) is 2.77. The number of esters is 1. The van der Waals surface area contributed by atoms with Gasteiger partial charge in [-0.3, -0.25) is 14.6 Å². The molecule has 3 heterocycles. The highest BCUT2D eigenvalue weighted by atomic mass is 16.6. The monoisotopic (exact) mass is 564 g/mol. The molecule has 1 aromatic carbocycles. The summed E-state index contributed by atoms with van der Waals surface area (Å²) < 4.78 is 10.7. The Kier molecular flexibility index (Phi) is 10.8. The van der Waals surface area contributed by atoms with Crippen LogP contribution >= 0.6 is 0 Å². The first-order chi connectivity index (χ1) is 19.6. The molecule has 0 unspecified atom stereocenters. The van der Waals surface area contributed by atoms with Gasteiger partial charge in [-0.25, -0.2) is 9.78 Å². The predicted octanol–water partition coefficient (Wildman–Crippen LogP) is 5.65. The fraction of sp³-hybridized carbons (Fsp3) is 0.606. The van der Waals surface area contributed by atoms with Crippen LogP contribution in [-0.4, -0.2) is 79.3 Å². The van der Waals surface area contributed by atoms with E-state index in [0.29, 0.717) is 18.9 Å². The molecule has 2 aromatic rings. The number of piperidine rings is 1. The number of nitrogens with zero attached hydrogens (tertiary/aromatic N) is 4. The van der Waals surface area contributed by atoms with E-state index in [4.69, 9.17) is 14.5 Å². The Morgan fingerprint density at radius 3 is 2.61 bits per heavy atom. The zero-order chi connectivity index (χ0) is 29.4. The van der Waals surface area contributed by atoms with Crippen molar-refractivity contribution in [2.24, 2.45) is 5.92 Å². The highest BCUT2D eigenvalue weighted by Gasteiger charge is 2.29. The van der Waals surface area contributed by atoms with Crippen LogP contribution < -0.4 is 4.90 Å². The minimum Gasteiger partial charge on any atom is -0.469 e. The predicted molar refractivity (Wildman–Crippen MR) is 162 cm³/mol. The van der Waals surface area contributed by atoms with Crippen molar-refractivity contribution in [2.45, 2.75) is 77.4 Å². The van der Waals surface area contributed by atoms with Gasteiger partial charge in [-0.1, -0.05) is 36.4 Å². The second kappa shape index (κ2) is 14.3. The van der Waals surface area contributed by atoms with Crippen molar-refractivity contribution in [1.82, 2.24) is 14.8 Å². The number of carbonyl (C=O) groups is 2. The molecule has 0 aliphatic carbocycles. The van der Waals surface area contributed by atoms with E-state index in [9.17, 15) is 9.59 Å². The molecule has 1 aromatic heterocycles. The van der Waals surface area contributed by atoms with Gasteiger partial charge in [0.2, 0.25) is 0 Å². The van der Waals surface area contributed by atoms with E-state index in [1.54, 1.807) is 4.90 Å². The SMILES string of the molecule is COC(=O)C[C@@H](c1ccccc1)N(C)C[C@@H]1CCCN(CCCc2ccc3c(n2)N(C(=O)OC(C)(C)C)CCC3)C1. The van der Waals surface area contributed by atoms with Gasteiger partial charge in [0, 0.05) is 31.4 Å². The average molecular weight is 565 g/mol. The van der Waals surface area contributed by atoms with Crippen LogP contribution in [0, 0.1) is 5.92 Å². The highest BCUT2D eigenvalue weighted by molar-refractivity contribution is 5.88. The third-order valence-electron chi connectivity index (χ3n) is 8.07. The van der Waals surface area contributed by atoms with Crippen molar-refractivity contribution in [1.29, 1.82) is 0 Å². The van der Waals surface area contributed by atoms with Crippen LogP contribution in [-0.2, 0) is 27.1 Å². The van der Waals surface area contributed by atoms with Crippen molar-refractivity contribution >= 4 is 17.9 Å². The van der Waals surface area contributed by atoms with Gasteiger partial charge in [0.15, 0.2) is 0 Å². The summed E-state index contributed by atoms with van der Waals surface area (Å²) in [7, 11) is 3.59. The molecule has 0 saturated carbocycles. The number of aryl methyl sites for hydroxylation is 2. The Balaban J connectivity index is 1.30. The molecule has 224 valence electrons. The third kappa shape index (κ3) is 9.01. The maximum Gasteiger partial charge on any atom is 0.416 e. The molecule has 1 amide bonds. The van der Waals surface area contributed by atoms with Gasteiger partial charge in [0.1, 0.15) is 11.4 Å². The standard InChI is InChI=1S/C33H48N4O4/c1-33(2,3)41-32(39)37-21-10-15-27-17-18-28(34-31(27)37)16-11-20-36-19-9-12-25(24-36)23-35(4)29(22-30(38)40-5)26-13-7-6-8-14-26/h6-8,13-14,17-18,25,29H,9-12,15-16,19-24H2,1-5H3/t25-,29-/m0/s1. The summed E-state index contributed by atoms with van der Waals surface area (Å²) in [6.45, 7) is 10.5. The molecule has 2 atom stereocenters. The molecule has 8 heteroatoms. The third-order valence-corrected chi connectivity index (χ3v) is 8.07. The molecular weight excluding hydrogens is 516 g/mol. The molecule has 41 heavy (non-hydrogen) atoms. The van der Waals surface area contributed by atoms with Crippen molar-refractivity contribution in [3.8, 4) is 0 Å². The maximum atomic E-state index is 12.8. The molecule has 2 aliphatic rings. The van der Waals surface area contributed by atoms with Gasteiger partial charge in [0.05, 0.1) is 13.5 Å². The van der Waals surface area contributed by atoms with E-state index in [0.717, 1.165) is 74.5 Å². The number of amides is 1. The Labute approximate surface area is 246 Å². The first-order valence-electron chi connectivity index (χ1n) is 15.2. The van der Waals surface area contributed by atoms with Crippen LogP contribution in [0.15, 0.2) is 42.5 Å². The summed E-state index contributed by atoms with van der Waals surface area (Å²) in [5.74, 6) is 1.15. The molecule has 0 bridgehead atoms. The summed E-state index contributed by atoms with van der Waals surface area (Å²) in [5, 5.41) is 0. The van der Waals surface area contributed by atoms with Crippen molar-refractivity contribution in [3.05, 3.63) is 59.3 Å². The lowest BCUT2D eigenvalue weighted by Crippen LogP contribution is -2.41. The Morgan fingerprint density at radius 2 is 1.88 bits per heavy atom. The van der Waals surface area contributed by atoms with E-state index in [1.165, 1.54) is 20.0 Å². The molecule has 0 N–H and O–H groups in total. The van der Waals surface area contributed by atoms with Crippen molar-refractivity contribution < 1.29 is 19.1 Å². The van der Waals surface area contributed by atoms with E-state index < -0.39 is 5.60 Å². The fourth-order valence-electron chi connectivity index (χ4n) is 6.08. The van der Waals surface area contributed by atoms with Crippen molar-refractivity contribution in [2.75, 3.05) is 51.8 Å². The van der Waals surface area contributed by atoms with Gasteiger partial charge >= 0.3 is 12.1 Å². The molecule has 1 fully saturated rings. The largest absolute Gasteiger partial charge is 0.469 e. The minimum absolute atomic E-state index is 0.00866. The number of carbonyl (C=O) groups excluding carboxylic acids is 2. The lowest BCUT2D eigenvalue weighted by molar-refractivity contribution is -0.142. The van der Waals surface area contributed by atoms with Crippen LogP contribution in [0.2, 0.25) is 0 Å². The molecule has 1 saturated heterocycles. The maximum absolute atomic E-state index is 12.8. The fourth-order valence-corrected chi connectivity index (χ4v) is 6.08. The van der Waals surface area contributed by atoms with Gasteiger partial charge in [0.25, 0.3) is 0 Å².